The topological polar surface area (TPSA) is 78.8 Å². The third-order valence-corrected chi connectivity index (χ3v) is 6.04. The van der Waals surface area contributed by atoms with E-state index in [0.717, 1.165) is 22.3 Å². The Bertz CT molecular complexity index is 1190. The molecule has 31 heavy (non-hydrogen) atoms. The molecule has 0 saturated heterocycles. The van der Waals surface area contributed by atoms with Gasteiger partial charge in [-0.25, -0.2) is 13.8 Å². The van der Waals surface area contributed by atoms with E-state index >= 15 is 0 Å². The van der Waals surface area contributed by atoms with Crippen molar-refractivity contribution in [1.29, 1.82) is 0 Å². The first-order valence-electron chi connectivity index (χ1n) is 9.76. The van der Waals surface area contributed by atoms with Crippen LogP contribution in [0, 0.1) is 13.8 Å². The molecule has 3 aromatic carbocycles. The lowest BCUT2D eigenvalue weighted by Gasteiger charge is -2.23. The molecule has 0 aliphatic heterocycles. The monoisotopic (exact) mass is 435 g/mol. The SMILES string of the molecule is Cc1ccc(N(Cc2ccc(C(=O)N/N=C/c3ccccc3)cc2)S(C)(=O)=O)cc1C. The predicted molar refractivity (Wildman–Crippen MR) is 125 cm³/mol. The van der Waals surface area contributed by atoms with E-state index in [1.54, 1.807) is 36.5 Å². The Kier molecular flexibility index (Phi) is 6.87. The summed E-state index contributed by atoms with van der Waals surface area (Å²) in [7, 11) is -3.48. The number of aryl methyl sites for hydroxylation is 2. The van der Waals surface area contributed by atoms with Crippen LogP contribution in [0.15, 0.2) is 77.9 Å². The molecule has 3 aromatic rings. The van der Waals surface area contributed by atoms with Gasteiger partial charge >= 0.3 is 0 Å². The van der Waals surface area contributed by atoms with E-state index in [2.05, 4.69) is 10.5 Å². The predicted octanol–water partition coefficient (Wildman–Crippen LogP) is 4.03. The van der Waals surface area contributed by atoms with Gasteiger partial charge in [-0.3, -0.25) is 9.10 Å². The van der Waals surface area contributed by atoms with E-state index in [0.29, 0.717) is 11.3 Å². The van der Waals surface area contributed by atoms with Crippen LogP contribution in [0.1, 0.15) is 32.6 Å². The molecule has 0 aliphatic rings. The normalized spacial score (nSPS) is 11.5. The Morgan fingerprint density at radius 2 is 1.65 bits per heavy atom. The zero-order valence-corrected chi connectivity index (χ0v) is 18.6. The van der Waals surface area contributed by atoms with Gasteiger partial charge in [0.15, 0.2) is 0 Å². The van der Waals surface area contributed by atoms with Crippen LogP contribution in [0.25, 0.3) is 0 Å². The average molecular weight is 436 g/mol. The molecule has 0 unspecified atom stereocenters. The number of benzene rings is 3. The van der Waals surface area contributed by atoms with E-state index < -0.39 is 10.0 Å². The summed E-state index contributed by atoms with van der Waals surface area (Å²) in [6, 6.07) is 21.8. The molecule has 6 nitrogen and oxygen atoms in total. The molecule has 0 bridgehead atoms. The molecule has 0 atom stereocenters. The third kappa shape index (κ3) is 6.02. The first-order valence-corrected chi connectivity index (χ1v) is 11.6. The number of sulfonamides is 1. The van der Waals surface area contributed by atoms with Crippen LogP contribution in [0.3, 0.4) is 0 Å². The lowest BCUT2D eigenvalue weighted by atomic mass is 10.1. The molecule has 3 rings (SSSR count). The second-order valence-electron chi connectivity index (χ2n) is 7.34. The Balaban J connectivity index is 1.71. The van der Waals surface area contributed by atoms with Gasteiger partial charge in [0.1, 0.15) is 0 Å². The second kappa shape index (κ2) is 9.57. The molecule has 1 N–H and O–H groups in total. The van der Waals surface area contributed by atoms with Crippen LogP contribution in [-0.2, 0) is 16.6 Å². The van der Waals surface area contributed by atoms with Gasteiger partial charge in [0.05, 0.1) is 24.7 Å². The highest BCUT2D eigenvalue weighted by molar-refractivity contribution is 7.92. The van der Waals surface area contributed by atoms with Gasteiger partial charge in [0.25, 0.3) is 5.91 Å². The highest BCUT2D eigenvalue weighted by Crippen LogP contribution is 2.23. The summed E-state index contributed by atoms with van der Waals surface area (Å²) in [4.78, 5) is 12.3. The fourth-order valence-corrected chi connectivity index (χ4v) is 3.86. The van der Waals surface area contributed by atoms with Crippen LogP contribution >= 0.6 is 0 Å². The van der Waals surface area contributed by atoms with E-state index in [9.17, 15) is 13.2 Å². The maximum Gasteiger partial charge on any atom is 0.271 e. The summed E-state index contributed by atoms with van der Waals surface area (Å²) in [5.41, 5.74) is 7.32. The molecule has 0 fully saturated rings. The Hall–Kier alpha value is -3.45. The summed E-state index contributed by atoms with van der Waals surface area (Å²) in [5.74, 6) is -0.340. The van der Waals surface area contributed by atoms with E-state index in [1.165, 1.54) is 10.6 Å². The highest BCUT2D eigenvalue weighted by Gasteiger charge is 2.18. The number of carbonyl (C=O) groups is 1. The zero-order chi connectivity index (χ0) is 22.4. The van der Waals surface area contributed by atoms with Crippen LogP contribution in [0.2, 0.25) is 0 Å². The van der Waals surface area contributed by atoms with Gasteiger partial charge in [-0.2, -0.15) is 5.10 Å². The lowest BCUT2D eigenvalue weighted by molar-refractivity contribution is 0.0955. The lowest BCUT2D eigenvalue weighted by Crippen LogP contribution is -2.29. The highest BCUT2D eigenvalue weighted by atomic mass is 32.2. The minimum atomic E-state index is -3.48. The van der Waals surface area contributed by atoms with E-state index in [4.69, 9.17) is 0 Å². The maximum absolute atomic E-state index is 12.4. The van der Waals surface area contributed by atoms with Crippen molar-refractivity contribution >= 4 is 27.8 Å². The number of hydrogen-bond acceptors (Lipinski definition) is 4. The van der Waals surface area contributed by atoms with Crippen LogP contribution in [0.5, 0.6) is 0 Å². The van der Waals surface area contributed by atoms with Crippen LogP contribution in [-0.4, -0.2) is 26.8 Å². The number of hydrazone groups is 1. The van der Waals surface area contributed by atoms with Crippen LogP contribution < -0.4 is 9.73 Å². The minimum Gasteiger partial charge on any atom is -0.267 e. The quantitative estimate of drug-likeness (QED) is 0.449. The van der Waals surface area contributed by atoms with Gasteiger partial charge < -0.3 is 0 Å². The number of anilines is 1. The number of nitrogens with zero attached hydrogens (tertiary/aromatic N) is 2. The molecule has 0 spiro atoms. The molecule has 160 valence electrons. The van der Waals surface area contributed by atoms with Gasteiger partial charge in [0, 0.05) is 5.56 Å². The van der Waals surface area contributed by atoms with Crippen molar-refractivity contribution in [2.75, 3.05) is 10.6 Å². The third-order valence-electron chi connectivity index (χ3n) is 4.90. The minimum absolute atomic E-state index is 0.176. The van der Waals surface area contributed by atoms with Crippen molar-refractivity contribution in [3.05, 3.63) is 101 Å². The Morgan fingerprint density at radius 3 is 2.26 bits per heavy atom. The van der Waals surface area contributed by atoms with Gasteiger partial charge in [-0.1, -0.05) is 48.5 Å². The fourth-order valence-electron chi connectivity index (χ4n) is 2.98. The zero-order valence-electron chi connectivity index (χ0n) is 17.7. The first kappa shape index (κ1) is 22.2. The van der Waals surface area contributed by atoms with Crippen molar-refractivity contribution in [2.45, 2.75) is 20.4 Å². The maximum atomic E-state index is 12.4. The van der Waals surface area contributed by atoms with E-state index in [-0.39, 0.29) is 12.5 Å². The number of carbonyl (C=O) groups excluding carboxylic acids is 1. The largest absolute Gasteiger partial charge is 0.271 e. The summed E-state index contributed by atoms with van der Waals surface area (Å²) in [6.45, 7) is 4.11. The summed E-state index contributed by atoms with van der Waals surface area (Å²) in [5, 5.41) is 3.96. The van der Waals surface area contributed by atoms with Crippen molar-refractivity contribution in [2.24, 2.45) is 5.10 Å². The van der Waals surface area contributed by atoms with Gasteiger partial charge in [-0.05, 0) is 60.4 Å². The molecular formula is C24H25N3O3S. The number of rotatable bonds is 7. The summed E-state index contributed by atoms with van der Waals surface area (Å²) < 4.78 is 26.1. The van der Waals surface area contributed by atoms with Crippen molar-refractivity contribution in [3.8, 4) is 0 Å². The molecule has 0 heterocycles. The molecule has 0 aromatic heterocycles. The van der Waals surface area contributed by atoms with Gasteiger partial charge in [-0.15, -0.1) is 0 Å². The number of hydrogen-bond donors (Lipinski definition) is 1. The molecular weight excluding hydrogens is 410 g/mol. The number of amides is 1. The van der Waals surface area contributed by atoms with Gasteiger partial charge in [0.2, 0.25) is 10.0 Å². The van der Waals surface area contributed by atoms with Crippen molar-refractivity contribution in [3.63, 3.8) is 0 Å². The Morgan fingerprint density at radius 1 is 0.968 bits per heavy atom. The molecule has 0 aliphatic carbocycles. The fraction of sp³-hybridized carbons (Fsp3) is 0.167. The summed E-state index contributed by atoms with van der Waals surface area (Å²) in [6.07, 6.45) is 2.76. The number of nitrogens with one attached hydrogen (secondary N) is 1. The molecule has 1 amide bonds. The smallest absolute Gasteiger partial charge is 0.267 e. The summed E-state index contributed by atoms with van der Waals surface area (Å²) >= 11 is 0. The van der Waals surface area contributed by atoms with Crippen LogP contribution in [0.4, 0.5) is 5.69 Å². The Labute approximate surface area is 183 Å². The molecule has 7 heteroatoms. The second-order valence-corrected chi connectivity index (χ2v) is 9.25. The first-order chi connectivity index (χ1) is 14.7. The average Bonchev–Trinajstić information content (AvgIpc) is 2.74. The molecule has 0 radical (unpaired) electrons. The van der Waals surface area contributed by atoms with Crippen molar-refractivity contribution < 1.29 is 13.2 Å². The van der Waals surface area contributed by atoms with Crippen molar-refractivity contribution in [1.82, 2.24) is 5.43 Å². The van der Waals surface area contributed by atoms with E-state index in [1.807, 2.05) is 56.3 Å². The molecule has 0 saturated carbocycles. The standard InChI is InChI=1S/C24H25N3O3S/c1-18-9-14-23(15-19(18)2)27(31(3,29)30)17-21-10-12-22(13-11-21)24(28)26-25-16-20-7-5-4-6-8-20/h4-16H,17H2,1-3H3,(H,26,28)/b25-16+.